The van der Waals surface area contributed by atoms with E-state index in [0.717, 1.165) is 60.0 Å². The van der Waals surface area contributed by atoms with Crippen LogP contribution < -0.4 is 9.80 Å². The van der Waals surface area contributed by atoms with Crippen LogP contribution in [0.1, 0.15) is 28.7 Å². The molecule has 0 bridgehead atoms. The fourth-order valence-corrected chi connectivity index (χ4v) is 3.83. The number of ether oxygens (including phenoxy) is 1. The molecule has 7 nitrogen and oxygen atoms in total. The summed E-state index contributed by atoms with van der Waals surface area (Å²) in [6.45, 7) is 9.28. The van der Waals surface area contributed by atoms with E-state index in [2.05, 4.69) is 24.8 Å². The van der Waals surface area contributed by atoms with Gasteiger partial charge in [0, 0.05) is 44.0 Å². The van der Waals surface area contributed by atoms with Crippen molar-refractivity contribution in [3.05, 3.63) is 53.6 Å². The molecular formula is C22H25N5O2. The SMILES string of the molecule is CCOC(=O)c1cnc2c(C)cccc2c1N1CCN(c2ccnc(C)n2)CC1. The van der Waals surface area contributed by atoms with Crippen molar-refractivity contribution in [2.24, 2.45) is 0 Å². The molecule has 0 unspecified atom stereocenters. The van der Waals surface area contributed by atoms with Gasteiger partial charge in [0.1, 0.15) is 17.2 Å². The number of hydrogen-bond donors (Lipinski definition) is 0. The lowest BCUT2D eigenvalue weighted by Gasteiger charge is -2.37. The Bertz CT molecular complexity index is 1040. The van der Waals surface area contributed by atoms with Gasteiger partial charge in [-0.05, 0) is 32.4 Å². The maximum atomic E-state index is 12.6. The molecule has 29 heavy (non-hydrogen) atoms. The summed E-state index contributed by atoms with van der Waals surface area (Å²) in [4.78, 5) is 30.4. The number of carbonyl (C=O) groups excluding carboxylic acids is 1. The molecule has 1 fully saturated rings. The summed E-state index contributed by atoms with van der Waals surface area (Å²) in [6, 6.07) is 8.03. The average molecular weight is 391 g/mol. The van der Waals surface area contributed by atoms with Crippen molar-refractivity contribution in [2.75, 3.05) is 42.6 Å². The molecule has 7 heteroatoms. The fourth-order valence-electron chi connectivity index (χ4n) is 3.83. The highest BCUT2D eigenvalue weighted by molar-refractivity contribution is 6.06. The molecule has 0 spiro atoms. The zero-order valence-corrected chi connectivity index (χ0v) is 17.1. The zero-order chi connectivity index (χ0) is 20.4. The largest absolute Gasteiger partial charge is 0.462 e. The molecule has 0 radical (unpaired) electrons. The van der Waals surface area contributed by atoms with Crippen LogP contribution in [0.5, 0.6) is 0 Å². The van der Waals surface area contributed by atoms with Gasteiger partial charge in [0.05, 0.1) is 17.8 Å². The number of nitrogens with zero attached hydrogens (tertiary/aromatic N) is 5. The van der Waals surface area contributed by atoms with Crippen LogP contribution >= 0.6 is 0 Å². The number of esters is 1. The molecule has 1 aromatic carbocycles. The van der Waals surface area contributed by atoms with Gasteiger partial charge in [-0.25, -0.2) is 14.8 Å². The van der Waals surface area contributed by atoms with E-state index in [4.69, 9.17) is 4.74 Å². The van der Waals surface area contributed by atoms with Crippen molar-refractivity contribution in [3.8, 4) is 0 Å². The van der Waals surface area contributed by atoms with Crippen LogP contribution in [0, 0.1) is 13.8 Å². The number of rotatable bonds is 4. The summed E-state index contributed by atoms with van der Waals surface area (Å²) in [5.74, 6) is 1.38. The van der Waals surface area contributed by atoms with Gasteiger partial charge in [0.25, 0.3) is 0 Å². The van der Waals surface area contributed by atoms with E-state index in [1.165, 1.54) is 0 Å². The highest BCUT2D eigenvalue weighted by Gasteiger charge is 2.25. The molecule has 1 saturated heterocycles. The number of pyridine rings is 1. The molecule has 3 heterocycles. The summed E-state index contributed by atoms with van der Waals surface area (Å²) in [7, 11) is 0. The van der Waals surface area contributed by atoms with Crippen molar-refractivity contribution in [1.29, 1.82) is 0 Å². The molecule has 4 rings (SSSR count). The number of piperazine rings is 1. The van der Waals surface area contributed by atoms with Crippen molar-refractivity contribution >= 4 is 28.4 Å². The molecule has 1 aliphatic heterocycles. The highest BCUT2D eigenvalue weighted by atomic mass is 16.5. The van der Waals surface area contributed by atoms with E-state index in [0.29, 0.717) is 12.2 Å². The van der Waals surface area contributed by atoms with Crippen molar-refractivity contribution in [2.45, 2.75) is 20.8 Å². The first kappa shape index (κ1) is 19.1. The standard InChI is InChI=1S/C22H25N5O2/c1-4-29-22(28)18-14-24-20-15(2)6-5-7-17(20)21(18)27-12-10-26(11-13-27)19-8-9-23-16(3)25-19/h5-9,14H,4,10-13H2,1-3H3. The Morgan fingerprint density at radius 3 is 2.55 bits per heavy atom. The van der Waals surface area contributed by atoms with Gasteiger partial charge in [-0.1, -0.05) is 18.2 Å². The number of aromatic nitrogens is 3. The minimum absolute atomic E-state index is 0.327. The van der Waals surface area contributed by atoms with E-state index in [1.807, 2.05) is 45.0 Å². The minimum Gasteiger partial charge on any atom is -0.462 e. The van der Waals surface area contributed by atoms with Gasteiger partial charge < -0.3 is 14.5 Å². The Morgan fingerprint density at radius 2 is 1.83 bits per heavy atom. The van der Waals surface area contributed by atoms with Crippen LogP contribution in [0.3, 0.4) is 0 Å². The second-order valence-electron chi connectivity index (χ2n) is 7.15. The Hall–Kier alpha value is -3.22. The number of fused-ring (bicyclic) bond motifs is 1. The number of anilines is 2. The van der Waals surface area contributed by atoms with Crippen molar-refractivity contribution < 1.29 is 9.53 Å². The van der Waals surface area contributed by atoms with Gasteiger partial charge in [0.15, 0.2) is 0 Å². The molecule has 150 valence electrons. The molecule has 0 amide bonds. The quantitative estimate of drug-likeness (QED) is 0.633. The first-order chi connectivity index (χ1) is 14.1. The van der Waals surface area contributed by atoms with E-state index in [1.54, 1.807) is 12.4 Å². The normalized spacial score (nSPS) is 14.3. The molecular weight excluding hydrogens is 366 g/mol. The predicted molar refractivity (Wildman–Crippen MR) is 114 cm³/mol. The third-order valence-corrected chi connectivity index (χ3v) is 5.25. The van der Waals surface area contributed by atoms with E-state index in [-0.39, 0.29) is 5.97 Å². The minimum atomic E-state index is -0.327. The third-order valence-electron chi connectivity index (χ3n) is 5.25. The lowest BCUT2D eigenvalue weighted by molar-refractivity contribution is 0.0527. The predicted octanol–water partition coefficient (Wildman–Crippen LogP) is 3.14. The van der Waals surface area contributed by atoms with E-state index in [9.17, 15) is 4.79 Å². The maximum Gasteiger partial charge on any atom is 0.341 e. The first-order valence-corrected chi connectivity index (χ1v) is 9.93. The van der Waals surface area contributed by atoms with E-state index < -0.39 is 0 Å². The molecule has 2 aromatic heterocycles. The van der Waals surface area contributed by atoms with Gasteiger partial charge in [-0.2, -0.15) is 0 Å². The summed E-state index contributed by atoms with van der Waals surface area (Å²) in [5.41, 5.74) is 3.45. The van der Waals surface area contributed by atoms with Crippen molar-refractivity contribution in [1.82, 2.24) is 15.0 Å². The molecule has 0 saturated carbocycles. The summed E-state index contributed by atoms with van der Waals surface area (Å²) in [6.07, 6.45) is 3.45. The number of carbonyl (C=O) groups is 1. The van der Waals surface area contributed by atoms with Gasteiger partial charge in [-0.15, -0.1) is 0 Å². The molecule has 0 N–H and O–H groups in total. The average Bonchev–Trinajstić information content (AvgIpc) is 2.73. The Morgan fingerprint density at radius 1 is 1.07 bits per heavy atom. The van der Waals surface area contributed by atoms with Gasteiger partial charge in [0.2, 0.25) is 0 Å². The molecule has 0 atom stereocenters. The lowest BCUT2D eigenvalue weighted by atomic mass is 10.0. The van der Waals surface area contributed by atoms with Crippen LogP contribution in [0.25, 0.3) is 10.9 Å². The number of benzene rings is 1. The fraction of sp³-hybridized carbons (Fsp3) is 0.364. The Balaban J connectivity index is 1.68. The lowest BCUT2D eigenvalue weighted by Crippen LogP contribution is -2.47. The van der Waals surface area contributed by atoms with Crippen LogP contribution in [-0.4, -0.2) is 53.7 Å². The smallest absolute Gasteiger partial charge is 0.341 e. The van der Waals surface area contributed by atoms with E-state index >= 15 is 0 Å². The van der Waals surface area contributed by atoms with Crippen LogP contribution in [0.15, 0.2) is 36.7 Å². The summed E-state index contributed by atoms with van der Waals surface area (Å²) < 4.78 is 5.31. The Kier molecular flexibility index (Phi) is 5.29. The highest BCUT2D eigenvalue weighted by Crippen LogP contribution is 2.32. The maximum absolute atomic E-state index is 12.6. The first-order valence-electron chi connectivity index (χ1n) is 9.93. The summed E-state index contributed by atoms with van der Waals surface area (Å²) in [5, 5.41) is 0.988. The second-order valence-corrected chi connectivity index (χ2v) is 7.15. The molecule has 0 aliphatic carbocycles. The van der Waals surface area contributed by atoms with Crippen LogP contribution in [0.2, 0.25) is 0 Å². The molecule has 1 aliphatic rings. The third kappa shape index (κ3) is 3.72. The number of hydrogen-bond acceptors (Lipinski definition) is 7. The van der Waals surface area contributed by atoms with Crippen molar-refractivity contribution in [3.63, 3.8) is 0 Å². The topological polar surface area (TPSA) is 71.5 Å². The van der Waals surface area contributed by atoms with Gasteiger partial charge >= 0.3 is 5.97 Å². The van der Waals surface area contributed by atoms with Gasteiger partial charge in [-0.3, -0.25) is 4.98 Å². The molecule has 3 aromatic rings. The second kappa shape index (κ2) is 8.03. The number of aryl methyl sites for hydroxylation is 2. The monoisotopic (exact) mass is 391 g/mol. The Labute approximate surface area is 170 Å². The summed E-state index contributed by atoms with van der Waals surface area (Å²) >= 11 is 0. The van der Waals surface area contributed by atoms with Crippen LogP contribution in [-0.2, 0) is 4.74 Å². The number of para-hydroxylation sites is 1. The van der Waals surface area contributed by atoms with Crippen LogP contribution in [0.4, 0.5) is 11.5 Å². The zero-order valence-electron chi connectivity index (χ0n) is 17.1.